The van der Waals surface area contributed by atoms with E-state index in [9.17, 15) is 4.79 Å². The molecule has 0 heterocycles. The van der Waals surface area contributed by atoms with Crippen LogP contribution in [0.1, 0.15) is 52.9 Å². The summed E-state index contributed by atoms with van der Waals surface area (Å²) in [6.45, 7) is 10.6. The summed E-state index contributed by atoms with van der Waals surface area (Å²) in [7, 11) is 0. The van der Waals surface area contributed by atoms with Gasteiger partial charge in [0.1, 0.15) is 0 Å². The third kappa shape index (κ3) is 1.77. The quantitative estimate of drug-likeness (QED) is 0.607. The van der Waals surface area contributed by atoms with E-state index >= 15 is 0 Å². The molecule has 1 heteroatoms. The van der Waals surface area contributed by atoms with Crippen LogP contribution in [0, 0.1) is 11.3 Å². The van der Waals surface area contributed by atoms with E-state index in [2.05, 4.69) is 20.4 Å². The lowest BCUT2D eigenvalue weighted by Crippen LogP contribution is -2.33. The van der Waals surface area contributed by atoms with Gasteiger partial charge in [-0.3, -0.25) is 4.79 Å². The molecule has 1 nitrogen and oxygen atoms in total. The highest BCUT2D eigenvalue weighted by atomic mass is 16.1. The summed E-state index contributed by atoms with van der Waals surface area (Å²) in [5.74, 6) is 0.971. The number of fused-ring (bicyclic) bond motifs is 1. The molecule has 0 unspecified atom stereocenters. The molecule has 1 fully saturated rings. The molecule has 2 aliphatic rings. The number of carbonyl (C=O) groups is 1. The van der Waals surface area contributed by atoms with E-state index in [1.807, 2.05) is 6.92 Å². The summed E-state index contributed by atoms with van der Waals surface area (Å²) in [4.78, 5) is 11.8. The average molecular weight is 218 g/mol. The maximum absolute atomic E-state index is 11.8. The van der Waals surface area contributed by atoms with E-state index in [4.69, 9.17) is 0 Å². The van der Waals surface area contributed by atoms with Crippen molar-refractivity contribution < 1.29 is 4.79 Å². The fraction of sp³-hybridized carbons (Fsp3) is 0.667. The van der Waals surface area contributed by atoms with Crippen LogP contribution < -0.4 is 0 Å². The van der Waals surface area contributed by atoms with E-state index < -0.39 is 0 Å². The summed E-state index contributed by atoms with van der Waals surface area (Å²) in [5.41, 5.74) is 4.08. The molecule has 2 aliphatic carbocycles. The summed E-state index contributed by atoms with van der Waals surface area (Å²) in [6, 6.07) is 0. The van der Waals surface area contributed by atoms with Gasteiger partial charge in [-0.1, -0.05) is 24.6 Å². The van der Waals surface area contributed by atoms with Gasteiger partial charge in [-0.15, -0.1) is 0 Å². The van der Waals surface area contributed by atoms with Crippen molar-refractivity contribution >= 4 is 5.78 Å². The van der Waals surface area contributed by atoms with E-state index in [0.29, 0.717) is 17.1 Å². The Balaban J connectivity index is 2.34. The van der Waals surface area contributed by atoms with E-state index in [0.717, 1.165) is 24.8 Å². The molecule has 0 saturated heterocycles. The molecule has 0 aromatic carbocycles. The molecular weight excluding hydrogens is 196 g/mol. The fourth-order valence-electron chi connectivity index (χ4n) is 3.29. The zero-order valence-electron chi connectivity index (χ0n) is 10.7. The van der Waals surface area contributed by atoms with Crippen molar-refractivity contribution in [2.45, 2.75) is 52.9 Å². The van der Waals surface area contributed by atoms with Crippen LogP contribution in [-0.2, 0) is 4.79 Å². The predicted octanol–water partition coefficient (Wildman–Crippen LogP) is 4.05. The number of rotatable bonds is 1. The van der Waals surface area contributed by atoms with Gasteiger partial charge in [0.15, 0.2) is 5.78 Å². The predicted molar refractivity (Wildman–Crippen MR) is 67.2 cm³/mol. The van der Waals surface area contributed by atoms with Crippen LogP contribution in [0.2, 0.25) is 0 Å². The van der Waals surface area contributed by atoms with Crippen LogP contribution >= 0.6 is 0 Å². The summed E-state index contributed by atoms with van der Waals surface area (Å²) in [5, 5.41) is 0. The fourth-order valence-corrected chi connectivity index (χ4v) is 3.29. The van der Waals surface area contributed by atoms with E-state index in [1.165, 1.54) is 24.0 Å². The Morgan fingerprint density at radius 1 is 1.44 bits per heavy atom. The number of carbonyl (C=O) groups excluding carboxylic acids is 1. The van der Waals surface area contributed by atoms with Crippen LogP contribution in [-0.4, -0.2) is 5.78 Å². The largest absolute Gasteiger partial charge is 0.295 e. The van der Waals surface area contributed by atoms with Crippen LogP contribution in [0.15, 0.2) is 23.3 Å². The van der Waals surface area contributed by atoms with Gasteiger partial charge in [0.2, 0.25) is 0 Å². The van der Waals surface area contributed by atoms with Gasteiger partial charge < -0.3 is 0 Å². The lowest BCUT2D eigenvalue weighted by atomic mass is 9.61. The average Bonchev–Trinajstić information content (AvgIpc) is 2.24. The molecule has 1 saturated carbocycles. The van der Waals surface area contributed by atoms with Gasteiger partial charge >= 0.3 is 0 Å². The van der Waals surface area contributed by atoms with Gasteiger partial charge in [-0.05, 0) is 56.4 Å². The third-order valence-electron chi connectivity index (χ3n) is 4.70. The molecule has 16 heavy (non-hydrogen) atoms. The topological polar surface area (TPSA) is 17.1 Å². The minimum absolute atomic E-state index is 0.309. The molecular formula is C15H22O. The minimum atomic E-state index is 0.309. The van der Waals surface area contributed by atoms with Crippen molar-refractivity contribution in [3.63, 3.8) is 0 Å². The zero-order valence-corrected chi connectivity index (χ0v) is 10.7. The second-order valence-electron chi connectivity index (χ2n) is 5.87. The first-order valence-electron chi connectivity index (χ1n) is 6.33. The highest BCUT2D eigenvalue weighted by Crippen LogP contribution is 2.51. The van der Waals surface area contributed by atoms with E-state index in [-0.39, 0.29) is 0 Å². The van der Waals surface area contributed by atoms with Gasteiger partial charge in [-0.25, -0.2) is 0 Å². The molecule has 0 aromatic heterocycles. The monoisotopic (exact) mass is 218 g/mol. The van der Waals surface area contributed by atoms with Gasteiger partial charge in [0.25, 0.3) is 0 Å². The number of hydrogen-bond acceptors (Lipinski definition) is 1. The molecule has 0 N–H and O–H groups in total. The summed E-state index contributed by atoms with van der Waals surface area (Å²) < 4.78 is 0. The number of ketones is 1. The number of allylic oxidation sites excluding steroid dienone is 3. The van der Waals surface area contributed by atoms with Crippen LogP contribution in [0.25, 0.3) is 0 Å². The minimum Gasteiger partial charge on any atom is -0.295 e. The van der Waals surface area contributed by atoms with Crippen molar-refractivity contribution in [1.82, 2.24) is 0 Å². The van der Waals surface area contributed by atoms with Crippen molar-refractivity contribution in [3.8, 4) is 0 Å². The van der Waals surface area contributed by atoms with Crippen LogP contribution in [0.3, 0.4) is 0 Å². The van der Waals surface area contributed by atoms with Crippen molar-refractivity contribution in [1.29, 1.82) is 0 Å². The summed E-state index contributed by atoms with van der Waals surface area (Å²) in [6.07, 6.45) is 5.36. The van der Waals surface area contributed by atoms with Crippen LogP contribution in [0.5, 0.6) is 0 Å². The highest BCUT2D eigenvalue weighted by molar-refractivity contribution is 5.96. The standard InChI is InChI=1S/C15H22O/c1-10(2)12-5-7-15(4)8-6-14(16)11(3)13(15)9-12/h12H,1,5-9H2,2-4H3/t12-,15+/m0/s1. The Morgan fingerprint density at radius 3 is 2.75 bits per heavy atom. The Labute approximate surface area is 98.6 Å². The molecule has 0 radical (unpaired) electrons. The molecule has 0 bridgehead atoms. The maximum Gasteiger partial charge on any atom is 0.158 e. The Bertz CT molecular complexity index is 375. The second-order valence-corrected chi connectivity index (χ2v) is 5.87. The number of hydrogen-bond donors (Lipinski definition) is 0. The normalized spacial score (nSPS) is 34.9. The lowest BCUT2D eigenvalue weighted by Gasteiger charge is -2.43. The van der Waals surface area contributed by atoms with Crippen molar-refractivity contribution in [2.75, 3.05) is 0 Å². The van der Waals surface area contributed by atoms with E-state index in [1.54, 1.807) is 0 Å². The molecule has 0 spiro atoms. The smallest absolute Gasteiger partial charge is 0.158 e. The zero-order chi connectivity index (χ0) is 11.9. The molecule has 2 atom stereocenters. The van der Waals surface area contributed by atoms with Crippen molar-refractivity contribution in [3.05, 3.63) is 23.3 Å². The van der Waals surface area contributed by atoms with Gasteiger partial charge in [0.05, 0.1) is 0 Å². The van der Waals surface area contributed by atoms with Gasteiger partial charge in [0, 0.05) is 6.42 Å². The molecule has 0 aliphatic heterocycles. The molecule has 0 amide bonds. The van der Waals surface area contributed by atoms with Crippen LogP contribution in [0.4, 0.5) is 0 Å². The Hall–Kier alpha value is -0.850. The maximum atomic E-state index is 11.8. The lowest BCUT2D eigenvalue weighted by molar-refractivity contribution is -0.117. The molecule has 2 rings (SSSR count). The second kappa shape index (κ2) is 3.87. The Kier molecular flexibility index (Phi) is 2.81. The first-order valence-corrected chi connectivity index (χ1v) is 6.33. The molecule has 88 valence electrons. The van der Waals surface area contributed by atoms with Gasteiger partial charge in [-0.2, -0.15) is 0 Å². The van der Waals surface area contributed by atoms with Crippen molar-refractivity contribution in [2.24, 2.45) is 11.3 Å². The SMILES string of the molecule is C=C(C)[C@H]1CC[C@]2(C)CCC(=O)C(C)=C2C1. The third-order valence-corrected chi connectivity index (χ3v) is 4.70. The first-order chi connectivity index (χ1) is 7.44. The first kappa shape index (κ1) is 11.6. The number of Topliss-reactive ketones (excluding diaryl/α,β-unsaturated/α-hetero) is 1. The highest BCUT2D eigenvalue weighted by Gasteiger charge is 2.40. The Morgan fingerprint density at radius 2 is 2.12 bits per heavy atom. The summed E-state index contributed by atoms with van der Waals surface area (Å²) >= 11 is 0. The molecule has 0 aromatic rings.